The van der Waals surface area contributed by atoms with E-state index in [9.17, 15) is 0 Å². The van der Waals surface area contributed by atoms with E-state index < -0.39 is 0 Å². The van der Waals surface area contributed by atoms with Crippen LogP contribution in [0.2, 0.25) is 0 Å². The molecule has 1 radical (unpaired) electrons. The molecule has 2 aliphatic carbocycles. The van der Waals surface area contributed by atoms with E-state index in [0.717, 1.165) is 28.0 Å². The number of fused-ring (bicyclic) bond motifs is 4. The SMILES string of the molecule is CC(/C=C(/C)[N-]C1CCCCC1)=NC1CCCCC1.Cc1ccc2cnc3c(c2c1)N(c1ccccc1)c1cccc2cc[c-]c-3c12.[Ir]. The Bertz CT molecular complexity index is 1910. The van der Waals surface area contributed by atoms with Crippen LogP contribution < -0.4 is 4.90 Å². The van der Waals surface area contributed by atoms with Crippen LogP contribution in [-0.4, -0.2) is 22.8 Å². The van der Waals surface area contributed by atoms with E-state index in [1.54, 1.807) is 0 Å². The predicted molar refractivity (Wildman–Crippen MR) is 200 cm³/mol. The van der Waals surface area contributed by atoms with E-state index in [4.69, 9.17) is 15.3 Å². The molecule has 0 bridgehead atoms. The van der Waals surface area contributed by atoms with Crippen molar-refractivity contribution in [3.05, 3.63) is 114 Å². The van der Waals surface area contributed by atoms with Gasteiger partial charge in [0, 0.05) is 65.5 Å². The van der Waals surface area contributed by atoms with Gasteiger partial charge < -0.3 is 15.2 Å². The maximum atomic E-state index is 4.90. The summed E-state index contributed by atoms with van der Waals surface area (Å²) >= 11 is 0. The Morgan fingerprint density at radius 1 is 0.854 bits per heavy atom. The van der Waals surface area contributed by atoms with Gasteiger partial charge in [-0.25, -0.2) is 0 Å². The molecule has 0 spiro atoms. The first-order valence-corrected chi connectivity index (χ1v) is 17.7. The van der Waals surface area contributed by atoms with Crippen LogP contribution >= 0.6 is 0 Å². The first-order valence-electron chi connectivity index (χ1n) is 17.7. The number of aliphatic imine (C=N–C) groups is 1. The number of rotatable bonds is 5. The molecule has 0 atom stereocenters. The Hall–Kier alpha value is -3.79. The molecule has 0 saturated heterocycles. The van der Waals surface area contributed by atoms with Crippen molar-refractivity contribution in [3.63, 3.8) is 0 Å². The molecule has 4 aromatic carbocycles. The van der Waals surface area contributed by atoms with Crippen molar-refractivity contribution < 1.29 is 20.1 Å². The number of anilines is 3. The summed E-state index contributed by atoms with van der Waals surface area (Å²) in [5.74, 6) is 0. The van der Waals surface area contributed by atoms with Crippen molar-refractivity contribution in [1.29, 1.82) is 0 Å². The standard InChI is InChI=1S/C26H17N2.C17H29N2.Ir/c1-17-13-14-19-16-27-25-21-11-5-7-18-8-6-12-23(24(18)21)28(26(25)22(19)15-17)20-9-3-2-4-10-20;1-14(18-16-9-5-3-6-10-16)13-15(2)19-17-11-7-4-8-12-17;/h2-10,12-16H,1H3;13,16-17H,3-12H2,1-2H3;/q2*-1;/b;14-13-,19-15?;. The first-order chi connectivity index (χ1) is 23.0. The number of hydrogen-bond donors (Lipinski definition) is 0. The van der Waals surface area contributed by atoms with Gasteiger partial charge in [0.15, 0.2) is 0 Å². The fraction of sp³-hybridized carbons (Fsp3) is 0.349. The monoisotopic (exact) mass is 811 g/mol. The van der Waals surface area contributed by atoms with Gasteiger partial charge in [-0.15, -0.1) is 29.8 Å². The van der Waals surface area contributed by atoms with Crippen molar-refractivity contribution in [3.8, 4) is 11.3 Å². The van der Waals surface area contributed by atoms with E-state index in [2.05, 4.69) is 111 Å². The minimum absolute atomic E-state index is 0. The van der Waals surface area contributed by atoms with Crippen LogP contribution in [0.25, 0.3) is 38.1 Å². The topological polar surface area (TPSA) is 42.6 Å². The number of pyridine rings is 1. The molecule has 3 aliphatic rings. The van der Waals surface area contributed by atoms with Gasteiger partial charge in [-0.2, -0.15) is 5.70 Å². The van der Waals surface area contributed by atoms with Crippen LogP contribution in [-0.2, 0) is 20.1 Å². The Kier molecular flexibility index (Phi) is 11.1. The Labute approximate surface area is 300 Å². The van der Waals surface area contributed by atoms with E-state index in [-0.39, 0.29) is 20.1 Å². The summed E-state index contributed by atoms with van der Waals surface area (Å²) in [5.41, 5.74) is 9.11. The molecular formula is C43H46IrN4-2. The Balaban J connectivity index is 0.000000177. The molecule has 5 aromatic rings. The number of hydrogen-bond acceptors (Lipinski definition) is 3. The van der Waals surface area contributed by atoms with E-state index >= 15 is 0 Å². The third-order valence-corrected chi connectivity index (χ3v) is 9.89. The summed E-state index contributed by atoms with van der Waals surface area (Å²) in [5, 5.41) is 9.64. The van der Waals surface area contributed by atoms with Crippen LogP contribution in [0.5, 0.6) is 0 Å². The summed E-state index contributed by atoms with van der Waals surface area (Å²) in [6.07, 6.45) is 17.5. The summed E-state index contributed by atoms with van der Waals surface area (Å²) in [6.45, 7) is 6.41. The van der Waals surface area contributed by atoms with E-state index in [1.165, 1.54) is 103 Å². The molecular weight excluding hydrogens is 765 g/mol. The molecule has 2 fully saturated rings. The van der Waals surface area contributed by atoms with Gasteiger partial charge in [0.1, 0.15) is 0 Å². The second-order valence-electron chi connectivity index (χ2n) is 13.6. The Morgan fingerprint density at radius 3 is 2.38 bits per heavy atom. The predicted octanol–water partition coefficient (Wildman–Crippen LogP) is 12.3. The van der Waals surface area contributed by atoms with Crippen LogP contribution in [0, 0.1) is 13.0 Å². The molecule has 5 heteroatoms. The van der Waals surface area contributed by atoms with Crippen LogP contribution in [0.1, 0.15) is 83.6 Å². The molecule has 1 aliphatic heterocycles. The maximum Gasteiger partial charge on any atom is 0.0502 e. The summed E-state index contributed by atoms with van der Waals surface area (Å²) < 4.78 is 0. The number of allylic oxidation sites excluding steroid dienone is 2. The normalized spacial score (nSPS) is 16.9. The maximum absolute atomic E-state index is 4.90. The van der Waals surface area contributed by atoms with Crippen LogP contribution in [0.15, 0.2) is 102 Å². The quantitative estimate of drug-likeness (QED) is 0.129. The molecule has 2 heterocycles. The number of para-hydroxylation sites is 1. The number of aryl methyl sites for hydroxylation is 1. The average Bonchev–Trinajstić information content (AvgIpc) is 3.10. The average molecular weight is 811 g/mol. The van der Waals surface area contributed by atoms with Crippen molar-refractivity contribution in [2.24, 2.45) is 4.99 Å². The molecule has 0 N–H and O–H groups in total. The van der Waals surface area contributed by atoms with Crippen molar-refractivity contribution in [2.45, 2.75) is 97.1 Å². The van der Waals surface area contributed by atoms with Gasteiger partial charge in [-0.1, -0.05) is 129 Å². The molecule has 2 saturated carbocycles. The van der Waals surface area contributed by atoms with Gasteiger partial charge in [0.25, 0.3) is 0 Å². The number of aromatic nitrogens is 1. The largest absolute Gasteiger partial charge is 0.685 e. The van der Waals surface area contributed by atoms with Gasteiger partial charge >= 0.3 is 0 Å². The van der Waals surface area contributed by atoms with Crippen molar-refractivity contribution in [1.82, 2.24) is 4.98 Å². The van der Waals surface area contributed by atoms with Crippen LogP contribution in [0.3, 0.4) is 0 Å². The zero-order valence-corrected chi connectivity index (χ0v) is 30.9. The van der Waals surface area contributed by atoms with Crippen molar-refractivity contribution >= 4 is 44.3 Å². The summed E-state index contributed by atoms with van der Waals surface area (Å²) in [7, 11) is 0. The third kappa shape index (κ3) is 7.43. The van der Waals surface area contributed by atoms with Gasteiger partial charge in [0.05, 0.1) is 6.04 Å². The zero-order chi connectivity index (χ0) is 32.2. The second-order valence-corrected chi connectivity index (χ2v) is 13.6. The zero-order valence-electron chi connectivity index (χ0n) is 28.5. The Morgan fingerprint density at radius 2 is 1.60 bits per heavy atom. The summed E-state index contributed by atoms with van der Waals surface area (Å²) in [4.78, 5) is 12.1. The number of nitrogens with zero attached hydrogens (tertiary/aromatic N) is 4. The molecule has 0 amide bonds. The third-order valence-electron chi connectivity index (χ3n) is 9.89. The second kappa shape index (κ2) is 15.6. The van der Waals surface area contributed by atoms with Crippen LogP contribution in [0.4, 0.5) is 17.1 Å². The fourth-order valence-electron chi connectivity index (χ4n) is 7.69. The van der Waals surface area contributed by atoms with E-state index in [0.29, 0.717) is 12.1 Å². The fourth-order valence-corrected chi connectivity index (χ4v) is 7.69. The number of benzene rings is 4. The molecule has 1 aromatic heterocycles. The molecule has 48 heavy (non-hydrogen) atoms. The minimum Gasteiger partial charge on any atom is -0.685 e. The van der Waals surface area contributed by atoms with Gasteiger partial charge in [-0.05, 0) is 44.9 Å². The molecule has 8 rings (SSSR count). The van der Waals surface area contributed by atoms with Gasteiger partial charge in [-0.3, -0.25) is 4.99 Å². The first kappa shape index (κ1) is 34.1. The molecule has 249 valence electrons. The minimum atomic E-state index is 0. The van der Waals surface area contributed by atoms with Crippen molar-refractivity contribution in [2.75, 3.05) is 4.90 Å². The smallest absolute Gasteiger partial charge is 0.0502 e. The molecule has 4 nitrogen and oxygen atoms in total. The van der Waals surface area contributed by atoms with E-state index in [1.807, 2.05) is 12.3 Å². The van der Waals surface area contributed by atoms with Gasteiger partial charge in [0.2, 0.25) is 0 Å². The molecule has 0 unspecified atom stereocenters. The summed E-state index contributed by atoms with van der Waals surface area (Å²) in [6, 6.07) is 32.4.